The summed E-state index contributed by atoms with van der Waals surface area (Å²) < 4.78 is 97.2. The first kappa shape index (κ1) is 25.5. The van der Waals surface area contributed by atoms with Crippen molar-refractivity contribution in [2.24, 2.45) is 0 Å². The van der Waals surface area contributed by atoms with Crippen LogP contribution in [0.5, 0.6) is 5.75 Å². The number of allylic oxidation sites excluding steroid dienone is 3. The van der Waals surface area contributed by atoms with Crippen molar-refractivity contribution < 1.29 is 45.1 Å². The van der Waals surface area contributed by atoms with Crippen molar-refractivity contribution in [2.45, 2.75) is 32.4 Å². The molecule has 34 heavy (non-hydrogen) atoms. The lowest BCUT2D eigenvalue weighted by Gasteiger charge is -2.24. The fourth-order valence-electron chi connectivity index (χ4n) is 2.80. The molecule has 182 valence electrons. The van der Waals surface area contributed by atoms with Crippen LogP contribution >= 0.6 is 7.75 Å². The van der Waals surface area contributed by atoms with Gasteiger partial charge in [0.15, 0.2) is 0 Å². The van der Waals surface area contributed by atoms with Gasteiger partial charge in [-0.2, -0.15) is 13.9 Å². The minimum absolute atomic E-state index is 0.0594. The fraction of sp³-hybridized carbons (Fsp3) is 0.227. The Morgan fingerprint density at radius 2 is 1.59 bits per heavy atom. The van der Waals surface area contributed by atoms with Crippen molar-refractivity contribution >= 4 is 13.7 Å². The highest BCUT2D eigenvalue weighted by molar-refractivity contribution is 7.52. The molecule has 12 heteroatoms. The number of hydrogen-bond donors (Lipinski definition) is 1. The molecule has 0 radical (unpaired) electrons. The SMILES string of the molecule is C[C@H](NP(=O)(OC1=CCCC=C1)Oc1c(F)c(F)c(F)c(F)c1F)C(=O)OCc1ccccc1. The Hall–Kier alpha value is -3.17. The molecule has 1 aliphatic rings. The number of hydrogen-bond acceptors (Lipinski definition) is 5. The number of rotatable bonds is 9. The lowest BCUT2D eigenvalue weighted by atomic mass is 10.2. The number of nitrogens with one attached hydrogen (secondary N) is 1. The Morgan fingerprint density at radius 1 is 0.971 bits per heavy atom. The third-order valence-electron chi connectivity index (χ3n) is 4.50. The molecule has 0 aromatic heterocycles. The van der Waals surface area contributed by atoms with Gasteiger partial charge in [0.25, 0.3) is 0 Å². The Balaban J connectivity index is 1.85. The number of carbonyl (C=O) groups is 1. The maximum Gasteiger partial charge on any atom is 0.513 e. The van der Waals surface area contributed by atoms with Crippen molar-refractivity contribution in [3.8, 4) is 5.75 Å². The normalized spacial score (nSPS) is 15.8. The summed E-state index contributed by atoms with van der Waals surface area (Å²) in [4.78, 5) is 12.4. The van der Waals surface area contributed by atoms with Gasteiger partial charge in [0.2, 0.25) is 34.8 Å². The van der Waals surface area contributed by atoms with E-state index in [1.165, 1.54) is 19.1 Å². The summed E-state index contributed by atoms with van der Waals surface area (Å²) in [5.41, 5.74) is 0.651. The minimum atomic E-state index is -4.93. The van der Waals surface area contributed by atoms with Crippen molar-refractivity contribution in [1.82, 2.24) is 5.09 Å². The molecule has 0 saturated carbocycles. The summed E-state index contributed by atoms with van der Waals surface area (Å²) >= 11 is 0. The van der Waals surface area contributed by atoms with Gasteiger partial charge >= 0.3 is 13.7 Å². The predicted octanol–water partition coefficient (Wildman–Crippen LogP) is 5.84. The zero-order valence-electron chi connectivity index (χ0n) is 17.7. The molecule has 0 spiro atoms. The molecule has 2 aromatic rings. The minimum Gasteiger partial charge on any atom is -0.460 e. The van der Waals surface area contributed by atoms with Crippen molar-refractivity contribution in [1.29, 1.82) is 0 Å². The van der Waals surface area contributed by atoms with E-state index in [4.69, 9.17) is 13.8 Å². The molecule has 1 unspecified atom stereocenters. The average Bonchev–Trinajstić information content (AvgIpc) is 2.84. The van der Waals surface area contributed by atoms with Gasteiger partial charge < -0.3 is 13.8 Å². The highest BCUT2D eigenvalue weighted by atomic mass is 31.2. The van der Waals surface area contributed by atoms with E-state index in [1.54, 1.807) is 36.4 Å². The van der Waals surface area contributed by atoms with Gasteiger partial charge in [-0.25, -0.2) is 17.7 Å². The number of ether oxygens (including phenoxy) is 1. The van der Waals surface area contributed by atoms with Gasteiger partial charge in [0.1, 0.15) is 18.4 Å². The van der Waals surface area contributed by atoms with Crippen LogP contribution in [0.15, 0.2) is 54.3 Å². The molecule has 0 fully saturated rings. The molecule has 2 aromatic carbocycles. The number of halogens is 5. The van der Waals surface area contributed by atoms with Gasteiger partial charge in [-0.05, 0) is 37.5 Å². The van der Waals surface area contributed by atoms with Crippen LogP contribution in [0.1, 0.15) is 25.3 Å². The molecule has 0 heterocycles. The third kappa shape index (κ3) is 6.03. The van der Waals surface area contributed by atoms with Crippen LogP contribution in [-0.2, 0) is 25.2 Å². The first-order valence-corrected chi connectivity index (χ1v) is 11.5. The summed E-state index contributed by atoms with van der Waals surface area (Å²) in [6.45, 7) is 1.06. The van der Waals surface area contributed by atoms with Crippen molar-refractivity contribution in [2.75, 3.05) is 0 Å². The first-order chi connectivity index (χ1) is 16.1. The van der Waals surface area contributed by atoms with Gasteiger partial charge in [-0.15, -0.1) is 0 Å². The Labute approximate surface area is 191 Å². The second-order valence-electron chi connectivity index (χ2n) is 7.11. The topological polar surface area (TPSA) is 73.9 Å². The second kappa shape index (κ2) is 10.8. The van der Waals surface area contributed by atoms with E-state index in [2.05, 4.69) is 5.09 Å². The highest BCUT2D eigenvalue weighted by Crippen LogP contribution is 2.49. The number of benzene rings is 2. The molecule has 0 saturated heterocycles. The van der Waals surface area contributed by atoms with E-state index in [0.717, 1.165) is 0 Å². The standard InChI is InChI=1S/C22H19F5NO5P/c1-13(22(29)31-12-14-8-4-2-5-9-14)28-34(30,32-15-10-6-3-7-11-15)33-21-19(26)17(24)16(23)18(25)20(21)27/h2,4-6,8-11,13H,3,7,12H2,1H3,(H,28,30)/t13-,34?/m0/s1. The Bertz CT molecular complexity index is 1140. The molecular formula is C22H19F5NO5P. The Morgan fingerprint density at radius 3 is 2.18 bits per heavy atom. The monoisotopic (exact) mass is 503 g/mol. The van der Waals surface area contributed by atoms with Gasteiger partial charge in [0.05, 0.1) is 0 Å². The van der Waals surface area contributed by atoms with E-state index in [-0.39, 0.29) is 12.4 Å². The van der Waals surface area contributed by atoms with E-state index in [1.807, 2.05) is 0 Å². The van der Waals surface area contributed by atoms with Crippen LogP contribution in [0.25, 0.3) is 0 Å². The van der Waals surface area contributed by atoms with Crippen LogP contribution in [0, 0.1) is 29.1 Å². The largest absolute Gasteiger partial charge is 0.513 e. The molecule has 6 nitrogen and oxygen atoms in total. The first-order valence-electron chi connectivity index (χ1n) is 9.97. The maximum absolute atomic E-state index is 14.1. The molecule has 0 bridgehead atoms. The highest BCUT2D eigenvalue weighted by Gasteiger charge is 2.38. The van der Waals surface area contributed by atoms with Crippen LogP contribution in [0.3, 0.4) is 0 Å². The predicted molar refractivity (Wildman–Crippen MR) is 111 cm³/mol. The molecule has 1 N–H and O–H groups in total. The van der Waals surface area contributed by atoms with Crippen LogP contribution in [0.4, 0.5) is 22.0 Å². The second-order valence-corrected chi connectivity index (χ2v) is 8.73. The van der Waals surface area contributed by atoms with E-state index in [0.29, 0.717) is 18.4 Å². The molecule has 0 aliphatic heterocycles. The van der Waals surface area contributed by atoms with Gasteiger partial charge in [-0.1, -0.05) is 36.4 Å². The maximum atomic E-state index is 14.1. The van der Waals surface area contributed by atoms with E-state index < -0.39 is 54.6 Å². The van der Waals surface area contributed by atoms with Gasteiger partial charge in [-0.3, -0.25) is 4.79 Å². The third-order valence-corrected chi connectivity index (χ3v) is 6.07. The molecular weight excluding hydrogens is 484 g/mol. The van der Waals surface area contributed by atoms with Crippen molar-refractivity contribution in [3.63, 3.8) is 0 Å². The number of carbonyl (C=O) groups excluding carboxylic acids is 1. The lowest BCUT2D eigenvalue weighted by Crippen LogP contribution is -2.35. The van der Waals surface area contributed by atoms with E-state index >= 15 is 0 Å². The quantitative estimate of drug-likeness (QED) is 0.152. The van der Waals surface area contributed by atoms with Crippen molar-refractivity contribution in [3.05, 3.63) is 89.0 Å². The fourth-order valence-corrected chi connectivity index (χ4v) is 4.33. The van der Waals surface area contributed by atoms with E-state index in [9.17, 15) is 31.3 Å². The zero-order chi connectivity index (χ0) is 24.9. The summed E-state index contributed by atoms with van der Waals surface area (Å²) in [6, 6.07) is 7.14. The number of esters is 1. The molecule has 1 aliphatic carbocycles. The van der Waals surface area contributed by atoms with Crippen LogP contribution < -0.4 is 9.61 Å². The lowest BCUT2D eigenvalue weighted by molar-refractivity contribution is -0.146. The Kier molecular flexibility index (Phi) is 8.11. The van der Waals surface area contributed by atoms with Crippen LogP contribution in [-0.4, -0.2) is 12.0 Å². The van der Waals surface area contributed by atoms with Crippen LogP contribution in [0.2, 0.25) is 0 Å². The average molecular weight is 503 g/mol. The van der Waals surface area contributed by atoms with Gasteiger partial charge in [0, 0.05) is 0 Å². The zero-order valence-corrected chi connectivity index (χ0v) is 18.6. The smallest absolute Gasteiger partial charge is 0.460 e. The summed E-state index contributed by atoms with van der Waals surface area (Å²) in [5.74, 6) is -14.5. The summed E-state index contributed by atoms with van der Waals surface area (Å²) in [6.07, 6.45) is 5.57. The summed E-state index contributed by atoms with van der Waals surface area (Å²) in [5, 5.41) is 2.12. The summed E-state index contributed by atoms with van der Waals surface area (Å²) in [7, 11) is -4.93. The molecule has 2 atom stereocenters. The molecule has 0 amide bonds. The molecule has 3 rings (SSSR count).